The molecule has 0 aromatic heterocycles. The minimum atomic E-state index is -4.04. The first kappa shape index (κ1) is 22.9. The summed E-state index contributed by atoms with van der Waals surface area (Å²) in [7, 11) is -4.04. The summed E-state index contributed by atoms with van der Waals surface area (Å²) < 4.78 is 24.7. The van der Waals surface area contributed by atoms with E-state index in [1.54, 1.807) is 6.07 Å². The van der Waals surface area contributed by atoms with Gasteiger partial charge >= 0.3 is 0 Å². The molecule has 0 aliphatic heterocycles. The lowest BCUT2D eigenvalue weighted by Crippen LogP contribution is -2.17. The van der Waals surface area contributed by atoms with Gasteiger partial charge in [0.05, 0.1) is 11.4 Å². The van der Waals surface area contributed by atoms with Gasteiger partial charge in [0.25, 0.3) is 0 Å². The maximum Gasteiger partial charge on any atom is 0.240 e. The highest BCUT2D eigenvalue weighted by Gasteiger charge is 2.21. The van der Waals surface area contributed by atoms with Crippen LogP contribution in [0.25, 0.3) is 0 Å². The van der Waals surface area contributed by atoms with E-state index >= 15 is 0 Å². The fourth-order valence-corrected chi connectivity index (χ4v) is 3.75. The van der Waals surface area contributed by atoms with Crippen LogP contribution < -0.4 is 15.8 Å². The lowest BCUT2D eigenvalue weighted by Gasteiger charge is -2.19. The van der Waals surface area contributed by atoms with Crippen molar-refractivity contribution in [3.63, 3.8) is 0 Å². The lowest BCUT2D eigenvalue weighted by atomic mass is 10.0. The van der Waals surface area contributed by atoms with Crippen LogP contribution in [0.4, 0.5) is 17.1 Å². The van der Waals surface area contributed by atoms with Crippen molar-refractivity contribution in [3.05, 3.63) is 48.0 Å². The Kier molecular flexibility index (Phi) is 8.67. The number of sulfonamides is 1. The predicted octanol–water partition coefficient (Wildman–Crippen LogP) is 5.05. The van der Waals surface area contributed by atoms with Gasteiger partial charge in [0.1, 0.15) is 4.90 Å². The zero-order chi connectivity index (χ0) is 21.3. The Labute approximate surface area is 173 Å². The molecule has 4 N–H and O–H groups in total. The fourth-order valence-electron chi connectivity index (χ4n) is 3.01. The minimum Gasteiger partial charge on any atom is -0.383 e. The zero-order valence-electron chi connectivity index (χ0n) is 17.2. The van der Waals surface area contributed by atoms with Gasteiger partial charge in [0.15, 0.2) is 5.78 Å². The Bertz CT molecular complexity index is 912. The molecular weight excluding hydrogens is 386 g/mol. The number of carbonyl (C=O) groups is 1. The summed E-state index contributed by atoms with van der Waals surface area (Å²) >= 11 is 0. The van der Waals surface area contributed by atoms with Crippen LogP contribution in [0.5, 0.6) is 0 Å². The summed E-state index contributed by atoms with van der Waals surface area (Å²) in [6.07, 6.45) is 5.05. The Morgan fingerprint density at radius 3 is 2.31 bits per heavy atom. The molecule has 0 amide bonds. The molecule has 0 aliphatic carbocycles. The topological polar surface area (TPSA) is 101 Å². The van der Waals surface area contributed by atoms with E-state index in [4.69, 9.17) is 5.14 Å². The molecule has 7 heteroatoms. The van der Waals surface area contributed by atoms with Crippen molar-refractivity contribution in [1.82, 2.24) is 0 Å². The van der Waals surface area contributed by atoms with Gasteiger partial charge in [-0.3, -0.25) is 4.79 Å². The van der Waals surface area contributed by atoms with E-state index in [9.17, 15) is 13.2 Å². The van der Waals surface area contributed by atoms with Gasteiger partial charge in [0, 0.05) is 24.2 Å². The molecular formula is C22H31N3O3S. The van der Waals surface area contributed by atoms with Crippen molar-refractivity contribution >= 4 is 32.9 Å². The fraction of sp³-hybridized carbons (Fsp3) is 0.409. The molecule has 0 spiro atoms. The third-order valence-corrected chi connectivity index (χ3v) is 5.56. The molecule has 2 rings (SSSR count). The number of nitrogens with two attached hydrogens (primary N) is 1. The van der Waals surface area contributed by atoms with Crippen LogP contribution in [0.2, 0.25) is 0 Å². The number of ketones is 1. The minimum absolute atomic E-state index is 0.0758. The summed E-state index contributed by atoms with van der Waals surface area (Å²) in [6, 6.07) is 12.4. The number of unbranched alkanes of at least 4 members (excludes halogenated alkanes) is 3. The first-order valence-corrected chi connectivity index (χ1v) is 11.7. The predicted molar refractivity (Wildman–Crippen MR) is 119 cm³/mol. The van der Waals surface area contributed by atoms with Crippen LogP contribution >= 0.6 is 0 Å². The molecule has 158 valence electrons. The molecule has 0 heterocycles. The van der Waals surface area contributed by atoms with Crippen LogP contribution in [0.1, 0.15) is 62.7 Å². The molecule has 2 aromatic carbocycles. The first-order valence-electron chi connectivity index (χ1n) is 10.2. The summed E-state index contributed by atoms with van der Waals surface area (Å²) in [5.41, 5.74) is 2.02. The molecule has 0 bridgehead atoms. The van der Waals surface area contributed by atoms with E-state index < -0.39 is 10.0 Å². The summed E-state index contributed by atoms with van der Waals surface area (Å²) in [6.45, 7) is 4.81. The van der Waals surface area contributed by atoms with Gasteiger partial charge in [-0.2, -0.15) is 0 Å². The second kappa shape index (κ2) is 11.0. The third kappa shape index (κ3) is 6.87. The maximum atomic E-state index is 12.7. The number of hydrogen-bond acceptors (Lipinski definition) is 5. The number of carbonyl (C=O) groups excluding carboxylic acids is 1. The van der Waals surface area contributed by atoms with E-state index in [1.807, 2.05) is 30.3 Å². The zero-order valence-corrected chi connectivity index (χ0v) is 18.0. The number of rotatable bonds is 12. The molecule has 0 saturated heterocycles. The van der Waals surface area contributed by atoms with Crippen molar-refractivity contribution < 1.29 is 13.2 Å². The molecule has 6 nitrogen and oxygen atoms in total. The molecule has 0 fully saturated rings. The number of Topliss-reactive ketones (excluding diaryl/α,β-unsaturated/α-hetero) is 1. The Balaban J connectivity index is 2.51. The SMILES string of the molecule is CCCCCC(=O)c1cc(NCCCC)c(Nc2ccccc2)c(S(N)(=O)=O)c1. The molecule has 0 atom stereocenters. The van der Waals surface area contributed by atoms with Crippen molar-refractivity contribution in [3.8, 4) is 0 Å². The van der Waals surface area contributed by atoms with Crippen molar-refractivity contribution in [1.29, 1.82) is 0 Å². The van der Waals surface area contributed by atoms with E-state index in [-0.39, 0.29) is 10.7 Å². The monoisotopic (exact) mass is 417 g/mol. The van der Waals surface area contributed by atoms with Gasteiger partial charge in [0.2, 0.25) is 10.0 Å². The standard InChI is InChI=1S/C22H31N3O3S/c1-3-5-8-13-20(26)17-15-19(24-14-6-4-2)22(21(16-17)29(23,27)28)25-18-11-9-7-10-12-18/h7,9-12,15-16,24-25H,3-6,8,13-14H2,1-2H3,(H2,23,27,28). The highest BCUT2D eigenvalue weighted by Crippen LogP contribution is 2.34. The van der Waals surface area contributed by atoms with E-state index in [1.165, 1.54) is 6.07 Å². The van der Waals surface area contributed by atoms with E-state index in [0.717, 1.165) is 37.8 Å². The van der Waals surface area contributed by atoms with Gasteiger partial charge in [-0.15, -0.1) is 0 Å². The number of primary sulfonamides is 1. The van der Waals surface area contributed by atoms with Crippen LogP contribution in [0.15, 0.2) is 47.4 Å². The summed E-state index contributed by atoms with van der Waals surface area (Å²) in [4.78, 5) is 12.6. The largest absolute Gasteiger partial charge is 0.383 e. The Hall–Kier alpha value is -2.38. The quantitative estimate of drug-likeness (QED) is 0.331. The highest BCUT2D eigenvalue weighted by molar-refractivity contribution is 7.89. The number of para-hydroxylation sites is 1. The van der Waals surface area contributed by atoms with E-state index in [0.29, 0.717) is 29.9 Å². The molecule has 0 unspecified atom stereocenters. The van der Waals surface area contributed by atoms with Crippen molar-refractivity contribution in [2.75, 3.05) is 17.2 Å². The molecule has 0 radical (unpaired) electrons. The Morgan fingerprint density at radius 2 is 1.69 bits per heavy atom. The molecule has 2 aromatic rings. The van der Waals surface area contributed by atoms with Crippen LogP contribution in [0.3, 0.4) is 0 Å². The molecule has 0 aliphatic rings. The van der Waals surface area contributed by atoms with Crippen molar-refractivity contribution in [2.24, 2.45) is 5.14 Å². The van der Waals surface area contributed by atoms with Gasteiger partial charge < -0.3 is 10.6 Å². The van der Waals surface area contributed by atoms with Gasteiger partial charge in [-0.05, 0) is 37.1 Å². The van der Waals surface area contributed by atoms with Crippen LogP contribution in [0, 0.1) is 0 Å². The van der Waals surface area contributed by atoms with Crippen LogP contribution in [-0.4, -0.2) is 20.7 Å². The number of anilines is 3. The normalized spacial score (nSPS) is 11.3. The summed E-state index contributed by atoms with van der Waals surface area (Å²) in [5.74, 6) is -0.0758. The Morgan fingerprint density at radius 1 is 1.00 bits per heavy atom. The maximum absolute atomic E-state index is 12.7. The molecule has 0 saturated carbocycles. The third-order valence-electron chi connectivity index (χ3n) is 4.63. The second-order valence-electron chi connectivity index (χ2n) is 7.09. The highest BCUT2D eigenvalue weighted by atomic mass is 32.2. The number of hydrogen-bond donors (Lipinski definition) is 3. The molecule has 29 heavy (non-hydrogen) atoms. The average molecular weight is 418 g/mol. The van der Waals surface area contributed by atoms with Gasteiger partial charge in [-0.1, -0.05) is 51.3 Å². The summed E-state index contributed by atoms with van der Waals surface area (Å²) in [5, 5.41) is 12.0. The second-order valence-corrected chi connectivity index (χ2v) is 8.62. The van der Waals surface area contributed by atoms with E-state index in [2.05, 4.69) is 24.5 Å². The smallest absolute Gasteiger partial charge is 0.240 e. The number of nitrogens with one attached hydrogen (secondary N) is 2. The van der Waals surface area contributed by atoms with Crippen molar-refractivity contribution in [2.45, 2.75) is 57.3 Å². The van der Waals surface area contributed by atoms with Crippen LogP contribution in [-0.2, 0) is 10.0 Å². The lowest BCUT2D eigenvalue weighted by molar-refractivity contribution is 0.0979. The average Bonchev–Trinajstić information content (AvgIpc) is 2.69. The number of benzene rings is 2. The first-order chi connectivity index (χ1) is 13.9. The van der Waals surface area contributed by atoms with Gasteiger partial charge in [-0.25, -0.2) is 13.6 Å².